The normalized spacial score (nSPS) is 15.9. The molecule has 2 N–H and O–H groups in total. The summed E-state index contributed by atoms with van der Waals surface area (Å²) in [4.78, 5) is 12.0. The highest BCUT2D eigenvalue weighted by molar-refractivity contribution is 14.1. The van der Waals surface area contributed by atoms with E-state index in [0.29, 0.717) is 0 Å². The molecule has 1 heterocycles. The number of amides is 1. The van der Waals surface area contributed by atoms with Crippen LogP contribution >= 0.6 is 45.2 Å². The Morgan fingerprint density at radius 2 is 1.81 bits per heavy atom. The van der Waals surface area contributed by atoms with Gasteiger partial charge in [0, 0.05) is 16.8 Å². The molecule has 3 nitrogen and oxygen atoms in total. The number of hydrogen-bond donors (Lipinski definition) is 2. The number of anilines is 1. The van der Waals surface area contributed by atoms with Crippen LogP contribution in [0.25, 0.3) is 0 Å². The molecule has 0 fully saturated rings. The molecule has 0 saturated carbocycles. The van der Waals surface area contributed by atoms with Gasteiger partial charge in [0.05, 0.1) is 7.14 Å². The zero-order valence-electron chi connectivity index (χ0n) is 10.7. The van der Waals surface area contributed by atoms with Crippen LogP contribution in [0.1, 0.15) is 17.0 Å². The van der Waals surface area contributed by atoms with Gasteiger partial charge in [-0.1, -0.05) is 30.0 Å². The fourth-order valence-corrected chi connectivity index (χ4v) is 3.91. The molecular weight excluding hydrogens is 492 g/mol. The van der Waals surface area contributed by atoms with E-state index in [2.05, 4.69) is 62.3 Å². The molecule has 21 heavy (non-hydrogen) atoms. The number of hydrogen-bond acceptors (Lipinski definition) is 2. The van der Waals surface area contributed by atoms with Crippen molar-refractivity contribution in [1.29, 1.82) is 0 Å². The van der Waals surface area contributed by atoms with Crippen LogP contribution in [0.15, 0.2) is 36.4 Å². The van der Waals surface area contributed by atoms with Gasteiger partial charge in [0.2, 0.25) is 5.91 Å². The number of carbonyl (C=O) groups excluding carboxylic acids is 1. The van der Waals surface area contributed by atoms with Crippen LogP contribution in [-0.4, -0.2) is 11.0 Å². The molecule has 0 spiro atoms. The summed E-state index contributed by atoms with van der Waals surface area (Å²) in [5.41, 5.74) is 2.54. The van der Waals surface area contributed by atoms with Crippen molar-refractivity contribution in [2.45, 2.75) is 5.92 Å². The second kappa shape index (κ2) is 5.85. The van der Waals surface area contributed by atoms with Crippen LogP contribution in [0.5, 0.6) is 5.75 Å². The highest BCUT2D eigenvalue weighted by atomic mass is 127. The third-order valence-electron chi connectivity index (χ3n) is 3.17. The van der Waals surface area contributed by atoms with E-state index in [9.17, 15) is 9.90 Å². The molecule has 2 aromatic rings. The summed E-state index contributed by atoms with van der Waals surface area (Å²) in [5.74, 6) is 5.80. The molecule has 1 amide bonds. The maximum absolute atomic E-state index is 12.0. The van der Waals surface area contributed by atoms with E-state index in [1.54, 1.807) is 0 Å². The van der Waals surface area contributed by atoms with Gasteiger partial charge in [-0.05, 0) is 63.4 Å². The quantitative estimate of drug-likeness (QED) is 0.428. The van der Waals surface area contributed by atoms with E-state index >= 15 is 0 Å². The molecule has 1 aliphatic rings. The number of carbonyl (C=O) groups is 1. The summed E-state index contributed by atoms with van der Waals surface area (Å²) in [6.45, 7) is 0. The lowest BCUT2D eigenvalue weighted by atomic mass is 10.0. The molecule has 1 unspecified atom stereocenters. The van der Waals surface area contributed by atoms with E-state index in [1.807, 2.05) is 36.4 Å². The molecule has 0 bridgehead atoms. The Morgan fingerprint density at radius 3 is 2.52 bits per heavy atom. The number of aromatic hydroxyl groups is 1. The molecule has 0 aliphatic carbocycles. The number of halogens is 2. The summed E-state index contributed by atoms with van der Waals surface area (Å²) in [6.07, 6.45) is 0. The first-order valence-corrected chi connectivity index (χ1v) is 8.31. The first-order chi connectivity index (χ1) is 10.1. The fraction of sp³-hybridized carbons (Fsp3) is 0.0625. The molecule has 0 saturated heterocycles. The first-order valence-electron chi connectivity index (χ1n) is 6.15. The third-order valence-corrected chi connectivity index (χ3v) is 4.81. The van der Waals surface area contributed by atoms with Gasteiger partial charge < -0.3 is 10.4 Å². The number of phenols is 1. The van der Waals surface area contributed by atoms with Crippen molar-refractivity contribution in [3.05, 3.63) is 54.7 Å². The third kappa shape index (κ3) is 2.87. The average Bonchev–Trinajstić information content (AvgIpc) is 2.78. The lowest BCUT2D eigenvalue weighted by molar-refractivity contribution is -0.115. The van der Waals surface area contributed by atoms with Crippen LogP contribution in [0.4, 0.5) is 5.69 Å². The van der Waals surface area contributed by atoms with Gasteiger partial charge in [0.1, 0.15) is 11.7 Å². The van der Waals surface area contributed by atoms with E-state index in [1.165, 1.54) is 0 Å². The number of para-hydroxylation sites is 1. The minimum Gasteiger partial charge on any atom is -0.506 e. The zero-order chi connectivity index (χ0) is 15.0. The van der Waals surface area contributed by atoms with Crippen molar-refractivity contribution in [2.75, 3.05) is 5.32 Å². The van der Waals surface area contributed by atoms with Crippen molar-refractivity contribution in [1.82, 2.24) is 0 Å². The average molecular weight is 501 g/mol. The maximum atomic E-state index is 12.0. The molecule has 2 aromatic carbocycles. The number of fused-ring (bicyclic) bond motifs is 1. The molecule has 3 rings (SSSR count). The lowest BCUT2D eigenvalue weighted by Crippen LogP contribution is -2.10. The van der Waals surface area contributed by atoms with Gasteiger partial charge in [-0.15, -0.1) is 0 Å². The summed E-state index contributed by atoms with van der Waals surface area (Å²) in [5, 5.41) is 12.6. The van der Waals surface area contributed by atoms with Gasteiger partial charge in [-0.25, -0.2) is 0 Å². The first kappa shape index (κ1) is 14.7. The topological polar surface area (TPSA) is 49.3 Å². The Kier molecular flexibility index (Phi) is 4.08. The van der Waals surface area contributed by atoms with Crippen LogP contribution in [-0.2, 0) is 4.79 Å². The molecule has 0 aromatic heterocycles. The Bertz CT molecular complexity index is 782. The molecule has 1 aliphatic heterocycles. The second-order valence-corrected chi connectivity index (χ2v) is 6.89. The summed E-state index contributed by atoms with van der Waals surface area (Å²) < 4.78 is 1.50. The van der Waals surface area contributed by atoms with Crippen molar-refractivity contribution in [2.24, 2.45) is 0 Å². The Morgan fingerprint density at radius 1 is 1.14 bits per heavy atom. The molecule has 0 radical (unpaired) electrons. The van der Waals surface area contributed by atoms with Crippen molar-refractivity contribution in [3.8, 4) is 17.6 Å². The molecule has 1 atom stereocenters. The monoisotopic (exact) mass is 501 g/mol. The Labute approximate surface area is 149 Å². The minimum absolute atomic E-state index is 0.0909. The number of rotatable bonds is 0. The van der Waals surface area contributed by atoms with E-state index in [4.69, 9.17) is 0 Å². The summed E-state index contributed by atoms with van der Waals surface area (Å²) >= 11 is 4.13. The van der Waals surface area contributed by atoms with Crippen molar-refractivity contribution >= 4 is 56.8 Å². The van der Waals surface area contributed by atoms with E-state index in [0.717, 1.165) is 24.0 Å². The van der Waals surface area contributed by atoms with Gasteiger partial charge in [-0.3, -0.25) is 4.79 Å². The number of nitrogens with one attached hydrogen (secondary N) is 1. The lowest BCUT2D eigenvalue weighted by Gasteiger charge is -2.02. The summed E-state index contributed by atoms with van der Waals surface area (Å²) in [7, 11) is 0. The maximum Gasteiger partial charge on any atom is 0.244 e. The fourth-order valence-electron chi connectivity index (χ4n) is 2.15. The molecule has 104 valence electrons. The van der Waals surface area contributed by atoms with Crippen LogP contribution < -0.4 is 5.32 Å². The SMILES string of the molecule is O=C1Nc2ccccc2C1C#Cc1cc(I)c(O)c(I)c1. The van der Waals surface area contributed by atoms with Gasteiger partial charge in [-0.2, -0.15) is 0 Å². The number of phenolic OH excluding ortho intramolecular Hbond substituents is 1. The Balaban J connectivity index is 1.97. The molecule has 5 heteroatoms. The highest BCUT2D eigenvalue weighted by Crippen LogP contribution is 2.32. The molecular formula is C16H9I2NO2. The van der Waals surface area contributed by atoms with Gasteiger partial charge in [0.15, 0.2) is 0 Å². The summed E-state index contributed by atoms with van der Waals surface area (Å²) in [6, 6.07) is 11.2. The zero-order valence-corrected chi connectivity index (χ0v) is 15.0. The van der Waals surface area contributed by atoms with Gasteiger partial charge in [0.25, 0.3) is 0 Å². The van der Waals surface area contributed by atoms with Crippen LogP contribution in [0.2, 0.25) is 0 Å². The van der Waals surface area contributed by atoms with Crippen molar-refractivity contribution < 1.29 is 9.90 Å². The van der Waals surface area contributed by atoms with Crippen molar-refractivity contribution in [3.63, 3.8) is 0 Å². The van der Waals surface area contributed by atoms with Crippen LogP contribution in [0, 0.1) is 19.0 Å². The Hall–Kier alpha value is -1.27. The smallest absolute Gasteiger partial charge is 0.244 e. The predicted octanol–water partition coefficient (Wildman–Crippen LogP) is 3.69. The van der Waals surface area contributed by atoms with Gasteiger partial charge >= 0.3 is 0 Å². The van der Waals surface area contributed by atoms with E-state index < -0.39 is 5.92 Å². The standard InChI is InChI=1S/C16H9I2NO2/c17-12-7-9(8-13(18)15(12)20)5-6-11-10-3-1-2-4-14(10)19-16(11)21/h1-4,7-8,11,20H,(H,19,21). The predicted molar refractivity (Wildman–Crippen MR) is 98.2 cm³/mol. The number of benzene rings is 2. The van der Waals surface area contributed by atoms with Crippen LogP contribution in [0.3, 0.4) is 0 Å². The highest BCUT2D eigenvalue weighted by Gasteiger charge is 2.28. The largest absolute Gasteiger partial charge is 0.506 e. The second-order valence-electron chi connectivity index (χ2n) is 4.57. The minimum atomic E-state index is -0.440. The van der Waals surface area contributed by atoms with E-state index in [-0.39, 0.29) is 11.7 Å².